The maximum absolute atomic E-state index is 14.1. The zero-order valence-electron chi connectivity index (χ0n) is 15.0. The summed E-state index contributed by atoms with van der Waals surface area (Å²) in [6.07, 6.45) is -8.43. The van der Waals surface area contributed by atoms with E-state index in [0.29, 0.717) is 0 Å². The number of methoxy groups -OCH3 is 2. The second kappa shape index (κ2) is 7.59. The van der Waals surface area contributed by atoms with Gasteiger partial charge in [0.15, 0.2) is 23.3 Å². The first-order valence-electron chi connectivity index (χ1n) is 7.99. The fourth-order valence-electron chi connectivity index (χ4n) is 3.27. The van der Waals surface area contributed by atoms with Crippen LogP contribution in [0.4, 0.5) is 22.0 Å². The lowest BCUT2D eigenvalue weighted by molar-refractivity contribution is -0.285. The third-order valence-electron chi connectivity index (χ3n) is 4.55. The number of halogens is 5. The maximum atomic E-state index is 14.1. The molecule has 0 bridgehead atoms. The van der Waals surface area contributed by atoms with Gasteiger partial charge in [-0.2, -0.15) is 17.6 Å². The number of alkyl halides is 3. The minimum atomic E-state index is -4.92. The van der Waals surface area contributed by atoms with E-state index in [1.165, 1.54) is 6.92 Å². The molecule has 2 rings (SSSR count). The molecule has 1 fully saturated rings. The van der Waals surface area contributed by atoms with Crippen LogP contribution >= 0.6 is 0 Å². The van der Waals surface area contributed by atoms with Crippen molar-refractivity contribution >= 4 is 5.97 Å². The fourth-order valence-corrected chi connectivity index (χ4v) is 3.27. The summed E-state index contributed by atoms with van der Waals surface area (Å²) < 4.78 is 88.5. The van der Waals surface area contributed by atoms with Gasteiger partial charge < -0.3 is 18.9 Å². The average molecular weight is 398 g/mol. The summed E-state index contributed by atoms with van der Waals surface area (Å²) in [7, 11) is 2.03. The van der Waals surface area contributed by atoms with Crippen LogP contribution in [0.5, 0.6) is 5.75 Å². The summed E-state index contributed by atoms with van der Waals surface area (Å²) in [4.78, 5) is 12.3. The van der Waals surface area contributed by atoms with Crippen LogP contribution in [0.3, 0.4) is 0 Å². The lowest BCUT2D eigenvalue weighted by atomic mass is 9.83. The van der Waals surface area contributed by atoms with Crippen molar-refractivity contribution < 1.29 is 45.7 Å². The van der Waals surface area contributed by atoms with Crippen molar-refractivity contribution in [1.82, 2.24) is 0 Å². The quantitative estimate of drug-likeness (QED) is 0.563. The number of hydrogen-bond acceptors (Lipinski definition) is 5. The number of esters is 1. The molecule has 0 aliphatic carbocycles. The number of hydrogen-bond donors (Lipinski definition) is 0. The molecule has 1 aliphatic heterocycles. The van der Waals surface area contributed by atoms with Crippen LogP contribution < -0.4 is 4.74 Å². The molecule has 1 saturated heterocycles. The molecule has 5 nitrogen and oxygen atoms in total. The number of benzene rings is 1. The van der Waals surface area contributed by atoms with Gasteiger partial charge in [0, 0.05) is 12.7 Å². The molecule has 0 radical (unpaired) electrons. The Balaban J connectivity index is 2.68. The normalized spacial score (nSPS) is 28.3. The number of rotatable bonds is 5. The summed E-state index contributed by atoms with van der Waals surface area (Å²) in [6, 6.07) is 1.76. The van der Waals surface area contributed by atoms with Crippen LogP contribution in [0.1, 0.15) is 25.3 Å². The summed E-state index contributed by atoms with van der Waals surface area (Å²) in [5.74, 6) is -5.82. The lowest BCUT2D eigenvalue weighted by Crippen LogP contribution is -2.51. The van der Waals surface area contributed by atoms with E-state index in [9.17, 15) is 26.7 Å². The minimum absolute atomic E-state index is 0.110. The molecule has 1 aromatic carbocycles. The Kier molecular flexibility index (Phi) is 6.00. The Morgan fingerprint density at radius 2 is 1.89 bits per heavy atom. The first kappa shape index (κ1) is 21.4. The fraction of sp³-hybridized carbons (Fsp3) is 0.588. The Bertz CT molecular complexity index is 708. The van der Waals surface area contributed by atoms with E-state index >= 15 is 0 Å². The van der Waals surface area contributed by atoms with Crippen molar-refractivity contribution in [2.24, 2.45) is 0 Å². The Morgan fingerprint density at radius 3 is 2.37 bits per heavy atom. The summed E-state index contributed by atoms with van der Waals surface area (Å²) in [5, 5.41) is 0. The van der Waals surface area contributed by atoms with Gasteiger partial charge >= 0.3 is 12.1 Å². The summed E-state index contributed by atoms with van der Waals surface area (Å²) in [5.41, 5.74) is -3.09. The van der Waals surface area contributed by atoms with Crippen molar-refractivity contribution in [3.05, 3.63) is 29.3 Å². The molecule has 27 heavy (non-hydrogen) atoms. The van der Waals surface area contributed by atoms with E-state index in [4.69, 9.17) is 18.9 Å². The molecule has 152 valence electrons. The summed E-state index contributed by atoms with van der Waals surface area (Å²) >= 11 is 0. The minimum Gasteiger partial charge on any atom is -0.493 e. The van der Waals surface area contributed by atoms with Crippen LogP contribution in [0, 0.1) is 11.6 Å². The van der Waals surface area contributed by atoms with Crippen LogP contribution in [-0.4, -0.2) is 50.8 Å². The maximum Gasteiger partial charge on any atom is 0.419 e. The molecule has 0 aromatic heterocycles. The zero-order chi connectivity index (χ0) is 20.6. The molecule has 3 unspecified atom stereocenters. The predicted molar refractivity (Wildman–Crippen MR) is 82.4 cm³/mol. The highest BCUT2D eigenvalue weighted by Gasteiger charge is 2.68. The van der Waals surface area contributed by atoms with Crippen molar-refractivity contribution in [1.29, 1.82) is 0 Å². The molecule has 0 spiro atoms. The van der Waals surface area contributed by atoms with Gasteiger partial charge in [0.2, 0.25) is 5.82 Å². The second-order valence-electron chi connectivity index (χ2n) is 6.06. The van der Waals surface area contributed by atoms with Crippen LogP contribution in [-0.2, 0) is 19.0 Å². The molecule has 4 atom stereocenters. The van der Waals surface area contributed by atoms with Crippen LogP contribution in [0.15, 0.2) is 12.1 Å². The van der Waals surface area contributed by atoms with Gasteiger partial charge in [0.05, 0.1) is 19.6 Å². The van der Waals surface area contributed by atoms with Gasteiger partial charge in [-0.15, -0.1) is 0 Å². The van der Waals surface area contributed by atoms with E-state index in [0.717, 1.165) is 33.3 Å². The first-order valence-corrected chi connectivity index (χ1v) is 7.99. The molecule has 10 heteroatoms. The average Bonchev–Trinajstić information content (AvgIpc) is 2.91. The highest BCUT2D eigenvalue weighted by Crippen LogP contribution is 2.52. The third-order valence-corrected chi connectivity index (χ3v) is 4.55. The third kappa shape index (κ3) is 3.47. The van der Waals surface area contributed by atoms with E-state index in [-0.39, 0.29) is 12.2 Å². The van der Waals surface area contributed by atoms with E-state index in [2.05, 4.69) is 0 Å². The Labute approximate surface area is 152 Å². The van der Waals surface area contributed by atoms with Crippen molar-refractivity contribution in [2.45, 2.75) is 43.8 Å². The van der Waals surface area contributed by atoms with E-state index < -0.39 is 53.3 Å². The van der Waals surface area contributed by atoms with Gasteiger partial charge in [0.25, 0.3) is 0 Å². The molecule has 0 N–H and O–H groups in total. The van der Waals surface area contributed by atoms with E-state index in [1.807, 2.05) is 0 Å². The van der Waals surface area contributed by atoms with Crippen molar-refractivity contribution in [2.75, 3.05) is 20.8 Å². The van der Waals surface area contributed by atoms with E-state index in [1.54, 1.807) is 0 Å². The SMILES string of the molecule is CCOC(=O)[C@@H]1OC(C)(C(F)(F)F)C(OC)C1c1ccc(F)c(F)c1OC. The topological polar surface area (TPSA) is 54.0 Å². The zero-order valence-corrected chi connectivity index (χ0v) is 15.0. The molecule has 1 aliphatic rings. The molecular weight excluding hydrogens is 379 g/mol. The summed E-state index contributed by atoms with van der Waals surface area (Å²) in [6.45, 7) is 2.08. The van der Waals surface area contributed by atoms with Gasteiger partial charge in [0.1, 0.15) is 6.10 Å². The van der Waals surface area contributed by atoms with Gasteiger partial charge in [-0.25, -0.2) is 9.18 Å². The lowest BCUT2D eigenvalue weighted by Gasteiger charge is -2.33. The predicted octanol–water partition coefficient (Wildman–Crippen LogP) is 3.35. The highest BCUT2D eigenvalue weighted by molar-refractivity contribution is 5.77. The molecule has 1 aromatic rings. The molecule has 0 saturated carbocycles. The smallest absolute Gasteiger partial charge is 0.419 e. The molecule has 1 heterocycles. The Morgan fingerprint density at radius 1 is 1.26 bits per heavy atom. The van der Waals surface area contributed by atoms with Crippen LogP contribution in [0.2, 0.25) is 0 Å². The number of ether oxygens (including phenoxy) is 4. The second-order valence-corrected chi connectivity index (χ2v) is 6.06. The van der Waals surface area contributed by atoms with Crippen molar-refractivity contribution in [3.63, 3.8) is 0 Å². The highest BCUT2D eigenvalue weighted by atomic mass is 19.4. The number of carbonyl (C=O) groups excluding carboxylic acids is 1. The van der Waals surface area contributed by atoms with Gasteiger partial charge in [-0.1, -0.05) is 6.07 Å². The number of carbonyl (C=O) groups is 1. The monoisotopic (exact) mass is 398 g/mol. The molecule has 0 amide bonds. The standard InChI is InChI=1S/C17H19F5O5/c1-5-26-15(23)13-10(8-6-7-9(18)11(19)12(8)24-3)14(25-4)16(2,27-13)17(20,21)22/h6-7,10,13-14H,5H2,1-4H3/t10?,13-,14?,16?/m1/s1. The first-order chi connectivity index (χ1) is 12.5. The Hall–Kier alpha value is -1.94. The van der Waals surface area contributed by atoms with Crippen molar-refractivity contribution in [3.8, 4) is 5.75 Å². The largest absolute Gasteiger partial charge is 0.493 e. The van der Waals surface area contributed by atoms with Gasteiger partial charge in [-0.05, 0) is 19.9 Å². The van der Waals surface area contributed by atoms with Crippen LogP contribution in [0.25, 0.3) is 0 Å². The molecular formula is C17H19F5O5. The van der Waals surface area contributed by atoms with Gasteiger partial charge in [-0.3, -0.25) is 0 Å².